The molecule has 1 N–H and O–H groups in total. The van der Waals surface area contributed by atoms with Crippen LogP contribution in [0.2, 0.25) is 0 Å². The summed E-state index contributed by atoms with van der Waals surface area (Å²) in [4.78, 5) is 26.0. The molecule has 0 aliphatic heterocycles. The van der Waals surface area contributed by atoms with Gasteiger partial charge in [-0.05, 0) is 50.6 Å². The molecule has 1 heterocycles. The molecule has 0 amide bonds. The maximum Gasteiger partial charge on any atom is 0.341 e. The van der Waals surface area contributed by atoms with Gasteiger partial charge in [-0.3, -0.25) is 4.79 Å². The number of Topliss-reactive ketones (excluding diaryl/α,β-unsaturated/α-hetero) is 1. The smallest absolute Gasteiger partial charge is 0.341 e. The van der Waals surface area contributed by atoms with E-state index in [1.165, 1.54) is 39.9 Å². The van der Waals surface area contributed by atoms with Gasteiger partial charge in [-0.15, -0.1) is 11.3 Å². The molecule has 30 heavy (non-hydrogen) atoms. The van der Waals surface area contributed by atoms with Gasteiger partial charge in [0.15, 0.2) is 5.78 Å². The molecule has 164 valence electrons. The van der Waals surface area contributed by atoms with Crippen molar-refractivity contribution in [1.29, 1.82) is 0 Å². The Hall–Kier alpha value is -2.23. The van der Waals surface area contributed by atoms with Crippen LogP contribution in [0, 0.1) is 13.8 Å². The molecule has 7 nitrogen and oxygen atoms in total. The van der Waals surface area contributed by atoms with E-state index in [-0.39, 0.29) is 23.8 Å². The molecule has 0 radical (unpaired) electrons. The summed E-state index contributed by atoms with van der Waals surface area (Å²) in [6, 6.07) is 5.92. The SMILES string of the molecule is CCOC(=O)c1c(NCC(=O)c2ccc(S(=O)(=O)N(CC)CC)cc2)sc(C)c1C. The van der Waals surface area contributed by atoms with Crippen molar-refractivity contribution in [2.75, 3.05) is 31.6 Å². The minimum Gasteiger partial charge on any atom is -0.462 e. The minimum atomic E-state index is -3.56. The van der Waals surface area contributed by atoms with Crippen molar-refractivity contribution in [3.63, 3.8) is 0 Å². The summed E-state index contributed by atoms with van der Waals surface area (Å²) in [7, 11) is -3.56. The second kappa shape index (κ2) is 10.2. The Morgan fingerprint density at radius 1 is 1.07 bits per heavy atom. The van der Waals surface area contributed by atoms with Gasteiger partial charge >= 0.3 is 5.97 Å². The van der Waals surface area contributed by atoms with Gasteiger partial charge in [0.25, 0.3) is 0 Å². The average molecular weight is 453 g/mol. The number of hydrogen-bond donors (Lipinski definition) is 1. The molecular formula is C21H28N2O5S2. The molecule has 0 spiro atoms. The molecule has 9 heteroatoms. The summed E-state index contributed by atoms with van der Waals surface area (Å²) in [6.07, 6.45) is 0. The van der Waals surface area contributed by atoms with Gasteiger partial charge in [0, 0.05) is 23.5 Å². The summed E-state index contributed by atoms with van der Waals surface area (Å²) in [5.74, 6) is -0.624. The highest BCUT2D eigenvalue weighted by Gasteiger charge is 2.23. The molecule has 2 aromatic rings. The van der Waals surface area contributed by atoms with Crippen LogP contribution in [0.5, 0.6) is 0 Å². The topological polar surface area (TPSA) is 92.8 Å². The summed E-state index contributed by atoms with van der Waals surface area (Å²) < 4.78 is 31.6. The number of esters is 1. The fraction of sp³-hybridized carbons (Fsp3) is 0.429. The second-order valence-corrected chi connectivity index (χ2v) is 9.76. The van der Waals surface area contributed by atoms with Crippen molar-refractivity contribution in [3.05, 3.63) is 45.8 Å². The molecule has 0 aliphatic rings. The fourth-order valence-corrected chi connectivity index (χ4v) is 5.49. The van der Waals surface area contributed by atoms with Crippen molar-refractivity contribution < 1.29 is 22.7 Å². The zero-order valence-electron chi connectivity index (χ0n) is 17.9. The molecule has 0 atom stereocenters. The molecule has 0 aliphatic carbocycles. The molecule has 0 saturated heterocycles. The predicted molar refractivity (Wildman–Crippen MR) is 119 cm³/mol. The number of anilines is 1. The van der Waals surface area contributed by atoms with Gasteiger partial charge in [0.1, 0.15) is 5.00 Å². The highest BCUT2D eigenvalue weighted by atomic mass is 32.2. The Labute approximate surface area is 182 Å². The van der Waals surface area contributed by atoms with Crippen LogP contribution in [0.3, 0.4) is 0 Å². The minimum absolute atomic E-state index is 0.0199. The Bertz CT molecular complexity index is 1010. The Morgan fingerprint density at radius 3 is 2.20 bits per heavy atom. The zero-order chi connectivity index (χ0) is 22.5. The van der Waals surface area contributed by atoms with Crippen molar-refractivity contribution in [1.82, 2.24) is 4.31 Å². The molecule has 1 aromatic heterocycles. The van der Waals surface area contributed by atoms with E-state index in [9.17, 15) is 18.0 Å². The number of nitrogens with one attached hydrogen (secondary N) is 1. The monoisotopic (exact) mass is 452 g/mol. The van der Waals surface area contributed by atoms with Crippen LogP contribution in [0.4, 0.5) is 5.00 Å². The number of rotatable bonds is 10. The van der Waals surface area contributed by atoms with Crippen LogP contribution < -0.4 is 5.32 Å². The summed E-state index contributed by atoms with van der Waals surface area (Å²) in [6.45, 7) is 10.1. The quantitative estimate of drug-likeness (QED) is 0.435. The third-order valence-corrected chi connectivity index (χ3v) is 8.02. The lowest BCUT2D eigenvalue weighted by Gasteiger charge is -2.18. The summed E-state index contributed by atoms with van der Waals surface area (Å²) >= 11 is 1.40. The van der Waals surface area contributed by atoms with Crippen molar-refractivity contribution >= 4 is 38.1 Å². The first-order chi connectivity index (χ1) is 14.2. The molecule has 1 aromatic carbocycles. The zero-order valence-corrected chi connectivity index (χ0v) is 19.6. The summed E-state index contributed by atoms with van der Waals surface area (Å²) in [5.41, 5.74) is 1.68. The molecule has 0 fully saturated rings. The van der Waals surface area contributed by atoms with Crippen LogP contribution in [-0.2, 0) is 14.8 Å². The van der Waals surface area contributed by atoms with Crippen molar-refractivity contribution in [3.8, 4) is 0 Å². The predicted octanol–water partition coefficient (Wildman–Crippen LogP) is 3.87. The number of benzene rings is 1. The number of nitrogens with zero attached hydrogens (tertiary/aromatic N) is 1. The number of hydrogen-bond acceptors (Lipinski definition) is 7. The maximum atomic E-state index is 12.6. The maximum absolute atomic E-state index is 12.6. The van der Waals surface area contributed by atoms with E-state index in [1.54, 1.807) is 20.8 Å². The van der Waals surface area contributed by atoms with E-state index >= 15 is 0 Å². The first-order valence-electron chi connectivity index (χ1n) is 9.81. The highest BCUT2D eigenvalue weighted by molar-refractivity contribution is 7.89. The number of sulfonamides is 1. The van der Waals surface area contributed by atoms with Crippen LogP contribution >= 0.6 is 11.3 Å². The van der Waals surface area contributed by atoms with Crippen LogP contribution in [0.1, 0.15) is 51.9 Å². The van der Waals surface area contributed by atoms with E-state index in [2.05, 4.69) is 5.32 Å². The van der Waals surface area contributed by atoms with Gasteiger partial charge in [-0.2, -0.15) is 4.31 Å². The standard InChI is InChI=1S/C21H28N2O5S2/c1-6-23(7-2)30(26,27)17-11-9-16(10-12-17)18(24)13-22-20-19(21(25)28-8-3)14(4)15(5)29-20/h9-12,22H,6-8,13H2,1-5H3. The van der Waals surface area contributed by atoms with E-state index in [0.717, 1.165) is 10.4 Å². The fourth-order valence-electron chi connectivity index (χ4n) is 2.99. The number of thiophene rings is 1. The first kappa shape index (κ1) is 24.0. The molecule has 2 rings (SSSR count). The Balaban J connectivity index is 2.15. The van der Waals surface area contributed by atoms with Crippen LogP contribution in [0.15, 0.2) is 29.2 Å². The van der Waals surface area contributed by atoms with Crippen molar-refractivity contribution in [2.45, 2.75) is 39.5 Å². The van der Waals surface area contributed by atoms with Crippen molar-refractivity contribution in [2.24, 2.45) is 0 Å². The van der Waals surface area contributed by atoms with E-state index in [1.807, 2.05) is 13.8 Å². The number of carbonyl (C=O) groups is 2. The number of carbonyl (C=O) groups excluding carboxylic acids is 2. The Kier molecular flexibility index (Phi) is 8.17. The highest BCUT2D eigenvalue weighted by Crippen LogP contribution is 2.33. The van der Waals surface area contributed by atoms with Gasteiger partial charge in [0.05, 0.1) is 23.6 Å². The molecule has 0 bridgehead atoms. The number of aryl methyl sites for hydroxylation is 1. The largest absolute Gasteiger partial charge is 0.462 e. The van der Waals surface area contributed by atoms with E-state index in [0.29, 0.717) is 29.2 Å². The number of ketones is 1. The lowest BCUT2D eigenvalue weighted by Crippen LogP contribution is -2.30. The Morgan fingerprint density at radius 2 is 1.67 bits per heavy atom. The van der Waals surface area contributed by atoms with E-state index < -0.39 is 16.0 Å². The van der Waals surface area contributed by atoms with Gasteiger partial charge < -0.3 is 10.1 Å². The molecule has 0 unspecified atom stereocenters. The third kappa shape index (κ3) is 5.08. The lowest BCUT2D eigenvalue weighted by molar-refractivity contribution is 0.0527. The van der Waals surface area contributed by atoms with Crippen LogP contribution in [-0.4, -0.2) is 50.7 Å². The normalized spacial score (nSPS) is 11.5. The van der Waals surface area contributed by atoms with Gasteiger partial charge in [-0.25, -0.2) is 13.2 Å². The second-order valence-electron chi connectivity index (χ2n) is 6.60. The summed E-state index contributed by atoms with van der Waals surface area (Å²) in [5, 5.41) is 3.63. The third-order valence-electron chi connectivity index (χ3n) is 4.79. The van der Waals surface area contributed by atoms with Gasteiger partial charge in [-0.1, -0.05) is 13.8 Å². The molecule has 0 saturated carbocycles. The molecular weight excluding hydrogens is 424 g/mol. The number of ether oxygens (including phenoxy) is 1. The van der Waals surface area contributed by atoms with Crippen LogP contribution in [0.25, 0.3) is 0 Å². The average Bonchev–Trinajstić information content (AvgIpc) is 3.00. The lowest BCUT2D eigenvalue weighted by atomic mass is 10.1. The first-order valence-corrected chi connectivity index (χ1v) is 12.1. The van der Waals surface area contributed by atoms with E-state index in [4.69, 9.17) is 4.74 Å². The van der Waals surface area contributed by atoms with Gasteiger partial charge in [0.2, 0.25) is 10.0 Å².